The van der Waals surface area contributed by atoms with Gasteiger partial charge in [-0.3, -0.25) is 14.7 Å². The maximum absolute atomic E-state index is 13.4. The number of rotatable bonds is 2. The first-order valence-electron chi connectivity index (χ1n) is 9.00. The van der Waals surface area contributed by atoms with Crippen molar-refractivity contribution >= 4 is 17.5 Å². The molecule has 0 saturated carbocycles. The highest BCUT2D eigenvalue weighted by Gasteiger charge is 2.53. The number of halogens is 1. The Bertz CT molecular complexity index is 1010. The van der Waals surface area contributed by atoms with Gasteiger partial charge in [0.2, 0.25) is 0 Å². The number of hydrogen-bond acceptors (Lipinski definition) is 3. The highest BCUT2D eigenvalue weighted by molar-refractivity contribution is 6.30. The van der Waals surface area contributed by atoms with Crippen LogP contribution in [0.1, 0.15) is 16.1 Å². The van der Waals surface area contributed by atoms with E-state index in [0.717, 1.165) is 29.1 Å². The lowest BCUT2D eigenvalue weighted by Crippen LogP contribution is -2.57. The molecule has 1 saturated heterocycles. The molecule has 0 spiro atoms. The Morgan fingerprint density at radius 1 is 1.04 bits per heavy atom. The Hall–Kier alpha value is -2.63. The van der Waals surface area contributed by atoms with Gasteiger partial charge in [-0.1, -0.05) is 23.7 Å². The number of likely N-dealkylation sites (N-methyl/N-ethyl adjacent to an activating group) is 1. The van der Waals surface area contributed by atoms with Crippen molar-refractivity contribution in [3.8, 4) is 11.3 Å². The summed E-state index contributed by atoms with van der Waals surface area (Å²) in [6.45, 7) is 2.22. The average molecular weight is 379 g/mol. The van der Waals surface area contributed by atoms with E-state index >= 15 is 0 Å². The van der Waals surface area contributed by atoms with E-state index in [1.807, 2.05) is 59.6 Å². The van der Waals surface area contributed by atoms with Gasteiger partial charge in [-0.15, -0.1) is 0 Å². The first-order chi connectivity index (χ1) is 13.1. The molecule has 0 N–H and O–H groups in total. The SMILES string of the molecule is CN1CCN2C(=O)c3ccc(-c4cccnc4)n3CC12c1ccc(Cl)cc1. The highest BCUT2D eigenvalue weighted by atomic mass is 35.5. The van der Waals surface area contributed by atoms with Crippen molar-refractivity contribution in [3.05, 3.63) is 77.2 Å². The predicted octanol–water partition coefficient (Wildman–Crippen LogP) is 3.46. The van der Waals surface area contributed by atoms with Crippen LogP contribution < -0.4 is 0 Å². The Morgan fingerprint density at radius 3 is 2.56 bits per heavy atom. The molecule has 1 aromatic carbocycles. The minimum absolute atomic E-state index is 0.0655. The molecule has 5 nitrogen and oxygen atoms in total. The molecule has 1 unspecified atom stereocenters. The molecule has 1 atom stereocenters. The molecule has 5 rings (SSSR count). The number of aromatic nitrogens is 2. The summed E-state index contributed by atoms with van der Waals surface area (Å²) in [5.41, 5.74) is 3.33. The Labute approximate surface area is 162 Å². The Balaban J connectivity index is 1.70. The second-order valence-electron chi connectivity index (χ2n) is 7.13. The summed E-state index contributed by atoms with van der Waals surface area (Å²) in [4.78, 5) is 21.9. The maximum atomic E-state index is 13.4. The van der Waals surface area contributed by atoms with Gasteiger partial charge < -0.3 is 9.47 Å². The molecule has 0 radical (unpaired) electrons. The molecule has 6 heteroatoms. The van der Waals surface area contributed by atoms with Crippen LogP contribution in [0.5, 0.6) is 0 Å². The van der Waals surface area contributed by atoms with Crippen LogP contribution in [0.25, 0.3) is 11.3 Å². The second-order valence-corrected chi connectivity index (χ2v) is 7.57. The average Bonchev–Trinajstić information content (AvgIpc) is 3.26. The van der Waals surface area contributed by atoms with Gasteiger partial charge >= 0.3 is 0 Å². The second kappa shape index (κ2) is 5.94. The minimum atomic E-state index is -0.509. The third kappa shape index (κ3) is 2.28. The molecule has 3 aromatic rings. The van der Waals surface area contributed by atoms with Gasteiger partial charge in [0.1, 0.15) is 11.4 Å². The van der Waals surface area contributed by atoms with Crippen molar-refractivity contribution in [2.24, 2.45) is 0 Å². The molecule has 0 aliphatic carbocycles. The van der Waals surface area contributed by atoms with E-state index in [0.29, 0.717) is 18.1 Å². The van der Waals surface area contributed by atoms with Crippen molar-refractivity contribution in [2.45, 2.75) is 12.2 Å². The fraction of sp³-hybridized carbons (Fsp3) is 0.238. The third-order valence-electron chi connectivity index (χ3n) is 5.82. The van der Waals surface area contributed by atoms with E-state index in [9.17, 15) is 4.79 Å². The van der Waals surface area contributed by atoms with Crippen LogP contribution in [-0.2, 0) is 12.2 Å². The van der Waals surface area contributed by atoms with Crippen LogP contribution in [0.4, 0.5) is 0 Å². The molecule has 1 fully saturated rings. The van der Waals surface area contributed by atoms with E-state index in [1.165, 1.54) is 0 Å². The van der Waals surface area contributed by atoms with E-state index in [1.54, 1.807) is 6.20 Å². The van der Waals surface area contributed by atoms with Crippen molar-refractivity contribution in [3.63, 3.8) is 0 Å². The number of pyridine rings is 1. The fourth-order valence-corrected chi connectivity index (χ4v) is 4.56. The summed E-state index contributed by atoms with van der Waals surface area (Å²) in [5, 5.41) is 0.696. The third-order valence-corrected chi connectivity index (χ3v) is 6.08. The van der Waals surface area contributed by atoms with Crippen LogP contribution in [0.3, 0.4) is 0 Å². The van der Waals surface area contributed by atoms with E-state index < -0.39 is 5.66 Å². The number of hydrogen-bond donors (Lipinski definition) is 0. The fourth-order valence-electron chi connectivity index (χ4n) is 4.44. The van der Waals surface area contributed by atoms with Gasteiger partial charge in [0, 0.05) is 36.1 Å². The van der Waals surface area contributed by atoms with Gasteiger partial charge in [0.15, 0.2) is 0 Å². The van der Waals surface area contributed by atoms with E-state index in [-0.39, 0.29) is 5.91 Å². The van der Waals surface area contributed by atoms with Crippen LogP contribution in [0.15, 0.2) is 60.9 Å². The molecule has 4 heterocycles. The van der Waals surface area contributed by atoms with E-state index in [2.05, 4.69) is 21.5 Å². The number of amides is 1. The van der Waals surface area contributed by atoms with Gasteiger partial charge in [0.05, 0.1) is 12.2 Å². The van der Waals surface area contributed by atoms with Crippen molar-refractivity contribution in [2.75, 3.05) is 20.1 Å². The Morgan fingerprint density at radius 2 is 1.81 bits per heavy atom. The van der Waals surface area contributed by atoms with Gasteiger partial charge in [-0.2, -0.15) is 0 Å². The topological polar surface area (TPSA) is 41.4 Å². The van der Waals surface area contributed by atoms with Crippen molar-refractivity contribution in [1.82, 2.24) is 19.4 Å². The van der Waals surface area contributed by atoms with Crippen LogP contribution in [-0.4, -0.2) is 45.4 Å². The summed E-state index contributed by atoms with van der Waals surface area (Å²) in [6.07, 6.45) is 3.60. The van der Waals surface area contributed by atoms with Gasteiger partial charge in [-0.05, 0) is 49.0 Å². The number of carbonyl (C=O) groups is 1. The summed E-state index contributed by atoms with van der Waals surface area (Å²) >= 11 is 6.12. The minimum Gasteiger partial charge on any atom is -0.332 e. The predicted molar refractivity (Wildman–Crippen MR) is 104 cm³/mol. The zero-order valence-electron chi connectivity index (χ0n) is 15.0. The Kier molecular flexibility index (Phi) is 3.64. The maximum Gasteiger partial charge on any atom is 0.272 e. The van der Waals surface area contributed by atoms with Crippen LogP contribution >= 0.6 is 11.6 Å². The van der Waals surface area contributed by atoms with Crippen LogP contribution in [0, 0.1) is 0 Å². The van der Waals surface area contributed by atoms with Crippen molar-refractivity contribution < 1.29 is 4.79 Å². The summed E-state index contributed by atoms with van der Waals surface area (Å²) < 4.78 is 2.13. The molecule has 0 bridgehead atoms. The number of carbonyl (C=O) groups excluding carboxylic acids is 1. The van der Waals surface area contributed by atoms with Gasteiger partial charge in [-0.25, -0.2) is 0 Å². The quantitative estimate of drug-likeness (QED) is 0.685. The normalized spacial score (nSPS) is 22.0. The van der Waals surface area contributed by atoms with Crippen molar-refractivity contribution in [1.29, 1.82) is 0 Å². The first kappa shape index (κ1) is 16.5. The number of nitrogens with zero attached hydrogens (tertiary/aromatic N) is 4. The smallest absolute Gasteiger partial charge is 0.272 e. The lowest BCUT2D eigenvalue weighted by atomic mass is 9.94. The number of benzene rings is 1. The molecule has 2 aromatic heterocycles. The molecule has 27 heavy (non-hydrogen) atoms. The molecular formula is C21H19ClN4O. The molecule has 1 amide bonds. The lowest BCUT2D eigenvalue weighted by Gasteiger charge is -2.46. The molecule has 2 aliphatic rings. The van der Waals surface area contributed by atoms with E-state index in [4.69, 9.17) is 11.6 Å². The summed E-state index contributed by atoms with van der Waals surface area (Å²) in [7, 11) is 2.08. The zero-order valence-corrected chi connectivity index (χ0v) is 15.7. The first-order valence-corrected chi connectivity index (χ1v) is 9.38. The molecular weight excluding hydrogens is 360 g/mol. The zero-order chi connectivity index (χ0) is 18.6. The number of fused-ring (bicyclic) bond motifs is 2. The van der Waals surface area contributed by atoms with Crippen LogP contribution in [0.2, 0.25) is 5.02 Å². The highest BCUT2D eigenvalue weighted by Crippen LogP contribution is 2.43. The summed E-state index contributed by atoms with van der Waals surface area (Å²) in [6, 6.07) is 15.7. The molecule has 2 aliphatic heterocycles. The monoisotopic (exact) mass is 378 g/mol. The summed E-state index contributed by atoms with van der Waals surface area (Å²) in [5.74, 6) is 0.0655. The largest absolute Gasteiger partial charge is 0.332 e. The lowest BCUT2D eigenvalue weighted by molar-refractivity contribution is -0.000846. The molecule has 136 valence electrons. The van der Waals surface area contributed by atoms with Gasteiger partial charge in [0.25, 0.3) is 5.91 Å². The standard InChI is InChI=1S/C21H19ClN4O/c1-24-11-12-26-20(27)19-9-8-18(15-3-2-10-23-13-15)25(19)14-21(24,26)16-4-6-17(22)7-5-16/h2-10,13H,11-12,14H2,1H3.